The number of hydrogen-bond donors (Lipinski definition) is 3. The molecule has 2 heterocycles. The molecule has 9 nitrogen and oxygen atoms in total. The molecule has 9 heteroatoms. The fourth-order valence-electron chi connectivity index (χ4n) is 4.16. The Morgan fingerprint density at radius 1 is 1.19 bits per heavy atom. The average Bonchev–Trinajstić information content (AvgIpc) is 3.21. The fourth-order valence-corrected chi connectivity index (χ4v) is 4.16. The Balaban J connectivity index is 1.52. The minimum absolute atomic E-state index is 0.0408. The van der Waals surface area contributed by atoms with Crippen LogP contribution in [0.25, 0.3) is 11.0 Å². The number of ether oxygens (including phenoxy) is 1. The molecule has 0 radical (unpaired) electrons. The lowest BCUT2D eigenvalue weighted by Gasteiger charge is -2.27. The van der Waals surface area contributed by atoms with Crippen molar-refractivity contribution in [2.45, 2.75) is 52.7 Å². The maximum atomic E-state index is 13.3. The number of para-hydroxylation sites is 2. The van der Waals surface area contributed by atoms with Gasteiger partial charge in [0.25, 0.3) is 5.91 Å². The summed E-state index contributed by atoms with van der Waals surface area (Å²) in [5, 5.41) is 6.11. The number of carbonyl (C=O) groups is 3. The monoisotopic (exact) mass is 491 g/mol. The van der Waals surface area contributed by atoms with Crippen LogP contribution in [0.1, 0.15) is 55.4 Å². The first-order valence-electron chi connectivity index (χ1n) is 12.1. The zero-order chi connectivity index (χ0) is 25.9. The van der Waals surface area contributed by atoms with E-state index in [1.807, 2.05) is 24.3 Å². The van der Waals surface area contributed by atoms with E-state index in [1.165, 1.54) is 7.11 Å². The number of nitrogens with zero attached hydrogens (tertiary/aromatic N) is 2. The highest BCUT2D eigenvalue weighted by atomic mass is 16.5. The number of carbonyl (C=O) groups excluding carboxylic acids is 3. The summed E-state index contributed by atoms with van der Waals surface area (Å²) in [6.45, 7) is 7.52. The summed E-state index contributed by atoms with van der Waals surface area (Å²) in [5.74, 6) is -0.176. The second-order valence-electron chi connectivity index (χ2n) is 10.3. The van der Waals surface area contributed by atoms with Gasteiger partial charge in [-0.1, -0.05) is 32.9 Å². The molecule has 1 atom stereocenters. The number of hydrogen-bond acceptors (Lipinski definition) is 6. The number of amides is 2. The van der Waals surface area contributed by atoms with Gasteiger partial charge in [-0.25, -0.2) is 4.98 Å². The maximum absolute atomic E-state index is 13.3. The molecule has 0 bridgehead atoms. The van der Waals surface area contributed by atoms with E-state index in [-0.39, 0.29) is 30.2 Å². The third kappa shape index (κ3) is 6.02. The van der Waals surface area contributed by atoms with Gasteiger partial charge in [-0.3, -0.25) is 14.4 Å². The van der Waals surface area contributed by atoms with Gasteiger partial charge >= 0.3 is 5.97 Å². The van der Waals surface area contributed by atoms with Crippen LogP contribution in [0.4, 0.5) is 5.69 Å². The summed E-state index contributed by atoms with van der Waals surface area (Å²) in [7, 11) is 1.31. The minimum Gasteiger partial charge on any atom is -0.469 e. The first-order valence-corrected chi connectivity index (χ1v) is 12.1. The van der Waals surface area contributed by atoms with Gasteiger partial charge in [-0.15, -0.1) is 0 Å². The molecule has 1 unspecified atom stereocenters. The number of benzene rings is 2. The minimum atomic E-state index is -0.730. The van der Waals surface area contributed by atoms with Gasteiger partial charge in [0.15, 0.2) is 0 Å². The van der Waals surface area contributed by atoms with E-state index in [0.29, 0.717) is 24.5 Å². The standard InChI is InChI=1S/C27H33N5O4/c1-27(2,3)11-12-32-16-18-13-17(9-10-19(18)29-22(26(32)35)14-24(33)36-4)25(34)28-15-23-30-20-7-5-6-8-21(20)31-23/h5-10,13,22,29H,11-12,14-16H2,1-4H3,(H,28,34)(H,30,31). The molecule has 190 valence electrons. The zero-order valence-corrected chi connectivity index (χ0v) is 21.2. The van der Waals surface area contributed by atoms with Crippen LogP contribution in [0, 0.1) is 5.41 Å². The van der Waals surface area contributed by atoms with Crippen molar-refractivity contribution in [3.05, 3.63) is 59.4 Å². The number of imidazole rings is 1. The summed E-state index contributed by atoms with van der Waals surface area (Å²) in [5.41, 5.74) is 3.84. The number of aromatic nitrogens is 2. The summed E-state index contributed by atoms with van der Waals surface area (Å²) in [6, 6.07) is 12.3. The van der Waals surface area contributed by atoms with Gasteiger partial charge < -0.3 is 25.3 Å². The van der Waals surface area contributed by atoms with E-state index in [2.05, 4.69) is 41.4 Å². The summed E-state index contributed by atoms with van der Waals surface area (Å²) < 4.78 is 4.80. The largest absolute Gasteiger partial charge is 0.469 e. The molecule has 36 heavy (non-hydrogen) atoms. The number of fused-ring (bicyclic) bond motifs is 2. The lowest BCUT2D eigenvalue weighted by molar-refractivity contribution is -0.144. The number of H-pyrrole nitrogens is 1. The molecule has 1 aliphatic rings. The molecule has 0 saturated heterocycles. The third-order valence-corrected chi connectivity index (χ3v) is 6.25. The average molecular weight is 492 g/mol. The quantitative estimate of drug-likeness (QED) is 0.435. The molecular weight excluding hydrogens is 458 g/mol. The van der Waals surface area contributed by atoms with Gasteiger partial charge in [0.1, 0.15) is 11.9 Å². The van der Waals surface area contributed by atoms with Crippen molar-refractivity contribution in [3.63, 3.8) is 0 Å². The van der Waals surface area contributed by atoms with E-state index in [4.69, 9.17) is 4.74 Å². The van der Waals surface area contributed by atoms with Crippen LogP contribution in [0.15, 0.2) is 42.5 Å². The Morgan fingerprint density at radius 2 is 1.97 bits per heavy atom. The lowest BCUT2D eigenvalue weighted by Crippen LogP contribution is -2.42. The van der Waals surface area contributed by atoms with Crippen LogP contribution in [0.2, 0.25) is 0 Å². The summed E-state index contributed by atoms with van der Waals surface area (Å²) in [4.78, 5) is 47.7. The first kappa shape index (κ1) is 25.2. The number of methoxy groups -OCH3 is 1. The van der Waals surface area contributed by atoms with E-state index >= 15 is 0 Å². The third-order valence-electron chi connectivity index (χ3n) is 6.25. The van der Waals surface area contributed by atoms with Crippen molar-refractivity contribution in [2.75, 3.05) is 19.0 Å². The van der Waals surface area contributed by atoms with E-state index in [0.717, 1.165) is 28.7 Å². The fraction of sp³-hybridized carbons (Fsp3) is 0.407. The number of esters is 1. The van der Waals surface area contributed by atoms with Crippen LogP contribution < -0.4 is 10.6 Å². The predicted molar refractivity (Wildman–Crippen MR) is 137 cm³/mol. The molecule has 0 saturated carbocycles. The first-order chi connectivity index (χ1) is 17.1. The summed E-state index contributed by atoms with van der Waals surface area (Å²) >= 11 is 0. The van der Waals surface area contributed by atoms with Crippen LogP contribution in [0.3, 0.4) is 0 Å². The number of aromatic amines is 1. The molecule has 2 aromatic carbocycles. The van der Waals surface area contributed by atoms with Crippen LogP contribution in [-0.2, 0) is 27.4 Å². The maximum Gasteiger partial charge on any atom is 0.308 e. The Hall–Kier alpha value is -3.88. The second-order valence-corrected chi connectivity index (χ2v) is 10.3. The van der Waals surface area contributed by atoms with Crippen molar-refractivity contribution in [2.24, 2.45) is 5.41 Å². The normalized spacial score (nSPS) is 15.7. The Bertz CT molecular complexity index is 1240. The molecule has 1 aromatic heterocycles. The molecule has 0 aliphatic carbocycles. The SMILES string of the molecule is COC(=O)CC1Nc2ccc(C(=O)NCc3nc4ccccc4[nH]3)cc2CN(CCC(C)(C)C)C1=O. The summed E-state index contributed by atoms with van der Waals surface area (Å²) in [6.07, 6.45) is 0.733. The smallest absolute Gasteiger partial charge is 0.308 e. The number of rotatable bonds is 7. The van der Waals surface area contributed by atoms with Crippen LogP contribution in [-0.4, -0.2) is 52.3 Å². The Kier molecular flexibility index (Phi) is 7.28. The van der Waals surface area contributed by atoms with Crippen molar-refractivity contribution in [3.8, 4) is 0 Å². The highest BCUT2D eigenvalue weighted by Crippen LogP contribution is 2.27. The van der Waals surface area contributed by atoms with E-state index in [1.54, 1.807) is 23.1 Å². The molecular formula is C27H33N5O4. The number of nitrogens with one attached hydrogen (secondary N) is 3. The lowest BCUT2D eigenvalue weighted by atomic mass is 9.92. The predicted octanol–water partition coefficient (Wildman–Crippen LogP) is 3.61. The van der Waals surface area contributed by atoms with Gasteiger partial charge in [0.2, 0.25) is 5.91 Å². The Labute approximate surface area is 210 Å². The molecule has 3 aromatic rings. The molecule has 4 rings (SSSR count). The molecule has 3 N–H and O–H groups in total. The number of anilines is 1. The topological polar surface area (TPSA) is 116 Å². The van der Waals surface area contributed by atoms with Crippen LogP contribution in [0.5, 0.6) is 0 Å². The zero-order valence-electron chi connectivity index (χ0n) is 21.2. The van der Waals surface area contributed by atoms with Gasteiger partial charge in [0, 0.05) is 24.3 Å². The van der Waals surface area contributed by atoms with Gasteiger partial charge in [0.05, 0.1) is 31.1 Å². The second kappa shape index (κ2) is 10.4. The van der Waals surface area contributed by atoms with E-state index in [9.17, 15) is 14.4 Å². The highest BCUT2D eigenvalue weighted by Gasteiger charge is 2.32. The van der Waals surface area contributed by atoms with Crippen LogP contribution >= 0.6 is 0 Å². The van der Waals surface area contributed by atoms with Crippen molar-refractivity contribution < 1.29 is 19.1 Å². The highest BCUT2D eigenvalue weighted by molar-refractivity contribution is 5.96. The Morgan fingerprint density at radius 3 is 2.69 bits per heavy atom. The molecule has 0 spiro atoms. The van der Waals surface area contributed by atoms with Crippen molar-refractivity contribution in [1.82, 2.24) is 20.2 Å². The van der Waals surface area contributed by atoms with Gasteiger partial charge in [-0.05, 0) is 47.7 Å². The van der Waals surface area contributed by atoms with Crippen molar-refractivity contribution >= 4 is 34.5 Å². The molecule has 2 amide bonds. The molecule has 0 fully saturated rings. The van der Waals surface area contributed by atoms with E-state index < -0.39 is 12.0 Å². The molecule has 1 aliphatic heterocycles. The van der Waals surface area contributed by atoms with Gasteiger partial charge in [-0.2, -0.15) is 0 Å². The van der Waals surface area contributed by atoms with Crippen molar-refractivity contribution in [1.29, 1.82) is 0 Å².